The average molecular weight is 610 g/mol. The largest absolute Gasteiger partial charge is 0.464 e. The Morgan fingerprint density at radius 3 is 2.35 bits per heavy atom. The molecule has 0 amide bonds. The van der Waals surface area contributed by atoms with Crippen LogP contribution in [-0.2, 0) is 33.7 Å². The van der Waals surface area contributed by atoms with E-state index in [1.807, 2.05) is 37.7 Å². The lowest BCUT2D eigenvalue weighted by atomic mass is 9.98. The summed E-state index contributed by atoms with van der Waals surface area (Å²) in [6, 6.07) is 3.92. The lowest BCUT2D eigenvalue weighted by Gasteiger charge is -2.43. The van der Waals surface area contributed by atoms with Crippen LogP contribution in [0.3, 0.4) is 0 Å². The van der Waals surface area contributed by atoms with Crippen molar-refractivity contribution in [1.29, 1.82) is 0 Å². The molecule has 3 aromatic rings. The fourth-order valence-corrected chi connectivity index (χ4v) is 6.50. The second-order valence-electron chi connectivity index (χ2n) is 11.4. The maximum atomic E-state index is 13.4. The molecule has 2 aromatic heterocycles. The first-order chi connectivity index (χ1) is 18.6. The Hall–Kier alpha value is -1.94. The van der Waals surface area contributed by atoms with Crippen molar-refractivity contribution in [1.82, 2.24) is 14.3 Å². The third kappa shape index (κ3) is 6.75. The van der Waals surface area contributed by atoms with Gasteiger partial charge < -0.3 is 13.5 Å². The number of rotatable bonds is 11. The Labute approximate surface area is 249 Å². The number of benzene rings is 1. The summed E-state index contributed by atoms with van der Waals surface area (Å²) in [5.74, 6) is 0.276. The lowest BCUT2D eigenvalue weighted by molar-refractivity contribution is -0.109. The minimum Gasteiger partial charge on any atom is -0.464 e. The van der Waals surface area contributed by atoms with E-state index in [4.69, 9.17) is 20.5 Å². The van der Waals surface area contributed by atoms with Crippen LogP contribution in [-0.4, -0.2) is 62.2 Å². The number of hydrogen-bond donors (Lipinski definition) is 0. The SMILES string of the molecule is COC(=O)c1c(CCCOS(C)(C)C(C)(C)C)c2ccc(Cl)c(-c3c(C)nn(C)c3C)c2n1CCCSC(C)=O. The van der Waals surface area contributed by atoms with Gasteiger partial charge in [-0.15, -0.1) is 10.3 Å². The maximum absolute atomic E-state index is 13.4. The molecule has 0 spiro atoms. The zero-order valence-corrected chi connectivity index (χ0v) is 28.0. The normalized spacial score (nSPS) is 12.8. The van der Waals surface area contributed by atoms with Crippen LogP contribution in [0.2, 0.25) is 5.02 Å². The number of aromatic nitrogens is 3. The molecule has 40 heavy (non-hydrogen) atoms. The van der Waals surface area contributed by atoms with Crippen molar-refractivity contribution in [3.63, 3.8) is 0 Å². The molecule has 0 aliphatic carbocycles. The number of halogens is 1. The molecule has 0 N–H and O–H groups in total. The molecule has 0 aliphatic heterocycles. The highest BCUT2D eigenvalue weighted by molar-refractivity contribution is 8.29. The van der Waals surface area contributed by atoms with E-state index in [0.29, 0.717) is 42.5 Å². The molecule has 0 saturated heterocycles. The molecule has 222 valence electrons. The minimum atomic E-state index is -1.25. The van der Waals surface area contributed by atoms with Gasteiger partial charge in [0.05, 0.1) is 29.9 Å². The van der Waals surface area contributed by atoms with Crippen LogP contribution in [0.5, 0.6) is 0 Å². The quantitative estimate of drug-likeness (QED) is 0.166. The van der Waals surface area contributed by atoms with Crippen LogP contribution in [0.1, 0.15) is 68.0 Å². The van der Waals surface area contributed by atoms with E-state index in [2.05, 4.69) is 42.9 Å². The number of fused-ring (bicyclic) bond motifs is 1. The zero-order chi connectivity index (χ0) is 30.0. The lowest BCUT2D eigenvalue weighted by Crippen LogP contribution is -2.25. The molecule has 10 heteroatoms. The van der Waals surface area contributed by atoms with Gasteiger partial charge in [0.2, 0.25) is 0 Å². The molecule has 0 radical (unpaired) electrons. The summed E-state index contributed by atoms with van der Waals surface area (Å²) in [5.41, 5.74) is 6.08. The first-order valence-electron chi connectivity index (χ1n) is 13.6. The van der Waals surface area contributed by atoms with E-state index >= 15 is 0 Å². The summed E-state index contributed by atoms with van der Waals surface area (Å²) in [6.07, 6.45) is 6.52. The number of carbonyl (C=O) groups excluding carboxylic acids is 2. The fourth-order valence-electron chi connectivity index (χ4n) is 4.80. The Morgan fingerprint density at radius 2 is 1.80 bits per heavy atom. The fraction of sp³-hybridized carbons (Fsp3) is 0.567. The number of esters is 1. The van der Waals surface area contributed by atoms with Crippen molar-refractivity contribution >= 4 is 55.7 Å². The van der Waals surface area contributed by atoms with Crippen molar-refractivity contribution < 1.29 is 18.5 Å². The topological polar surface area (TPSA) is 75.3 Å². The van der Waals surface area contributed by atoms with Crippen LogP contribution in [0.25, 0.3) is 22.0 Å². The van der Waals surface area contributed by atoms with Gasteiger partial charge in [0.15, 0.2) is 5.12 Å². The van der Waals surface area contributed by atoms with Gasteiger partial charge >= 0.3 is 5.97 Å². The zero-order valence-electron chi connectivity index (χ0n) is 25.6. The van der Waals surface area contributed by atoms with E-state index in [9.17, 15) is 9.59 Å². The summed E-state index contributed by atoms with van der Waals surface area (Å²) in [6.45, 7) is 13.4. The molecule has 1 aromatic carbocycles. The molecule has 0 aliphatic rings. The molecule has 3 rings (SSSR count). The van der Waals surface area contributed by atoms with E-state index in [-0.39, 0.29) is 15.8 Å². The summed E-state index contributed by atoms with van der Waals surface area (Å²) in [4.78, 5) is 25.0. The Bertz CT molecular complexity index is 1400. The van der Waals surface area contributed by atoms with Gasteiger partial charge in [-0.1, -0.05) is 50.2 Å². The molecular formula is C30H44ClN3O4S2. The molecule has 0 atom stereocenters. The van der Waals surface area contributed by atoms with Crippen molar-refractivity contribution in [2.75, 3.05) is 32.0 Å². The molecule has 0 saturated carbocycles. The average Bonchev–Trinajstić information content (AvgIpc) is 3.30. The van der Waals surface area contributed by atoms with Gasteiger partial charge in [0.25, 0.3) is 0 Å². The number of methoxy groups -OCH3 is 1. The number of ether oxygens (including phenoxy) is 1. The maximum Gasteiger partial charge on any atom is 0.354 e. The number of carbonyl (C=O) groups is 2. The van der Waals surface area contributed by atoms with Gasteiger partial charge in [0.1, 0.15) is 5.69 Å². The molecule has 0 fully saturated rings. The predicted octanol–water partition coefficient (Wildman–Crippen LogP) is 7.50. The van der Waals surface area contributed by atoms with Gasteiger partial charge in [-0.05, 0) is 57.3 Å². The van der Waals surface area contributed by atoms with Gasteiger partial charge in [-0.3, -0.25) is 9.48 Å². The summed E-state index contributed by atoms with van der Waals surface area (Å²) >= 11 is 8.22. The molecular weight excluding hydrogens is 566 g/mol. The van der Waals surface area contributed by atoms with Crippen LogP contribution in [0, 0.1) is 13.8 Å². The van der Waals surface area contributed by atoms with E-state index in [0.717, 1.165) is 45.4 Å². The molecule has 7 nitrogen and oxygen atoms in total. The van der Waals surface area contributed by atoms with Crippen LogP contribution >= 0.6 is 33.7 Å². The Kier molecular flexibility index (Phi) is 10.5. The standard InChI is InChI=1S/C30H44ClN3O4S2/c1-19-25(20(2)33(7)32-19)26-24(31)15-14-23-22(13-11-17-38-40(9,10)30(4,5)6)28(29(36)37-8)34(27(23)26)16-12-18-39-21(3)35/h14-15H,11-13,16-18H2,1-10H3. The van der Waals surface area contributed by atoms with E-state index < -0.39 is 10.3 Å². The minimum absolute atomic E-state index is 0.0726. The highest BCUT2D eigenvalue weighted by Crippen LogP contribution is 2.53. The van der Waals surface area contributed by atoms with Gasteiger partial charge in [-0.2, -0.15) is 5.10 Å². The van der Waals surface area contributed by atoms with Crippen LogP contribution in [0.4, 0.5) is 0 Å². The molecule has 0 unspecified atom stereocenters. The van der Waals surface area contributed by atoms with Gasteiger partial charge in [0, 0.05) is 53.2 Å². The van der Waals surface area contributed by atoms with Gasteiger partial charge in [-0.25, -0.2) is 4.79 Å². The monoisotopic (exact) mass is 609 g/mol. The number of thioether (sulfide) groups is 1. The van der Waals surface area contributed by atoms with Crippen molar-refractivity contribution in [3.05, 3.63) is 39.8 Å². The Morgan fingerprint density at radius 1 is 1.12 bits per heavy atom. The first kappa shape index (κ1) is 32.6. The third-order valence-corrected chi connectivity index (χ3v) is 12.6. The molecule has 2 heterocycles. The first-order valence-corrected chi connectivity index (χ1v) is 17.3. The number of nitrogens with zero attached hydrogens (tertiary/aromatic N) is 3. The predicted molar refractivity (Wildman–Crippen MR) is 171 cm³/mol. The third-order valence-electron chi connectivity index (χ3n) is 7.67. The van der Waals surface area contributed by atoms with Crippen molar-refractivity contribution in [2.24, 2.45) is 7.05 Å². The van der Waals surface area contributed by atoms with Crippen molar-refractivity contribution in [3.8, 4) is 11.1 Å². The molecule has 0 bridgehead atoms. The summed E-state index contributed by atoms with van der Waals surface area (Å²) in [5, 5.41) is 6.30. The number of hydrogen-bond acceptors (Lipinski definition) is 6. The Balaban J connectivity index is 2.19. The van der Waals surface area contributed by atoms with Crippen molar-refractivity contribution in [2.45, 2.75) is 72.1 Å². The second-order valence-corrected chi connectivity index (χ2v) is 17.0. The number of aryl methyl sites for hydroxylation is 4. The van der Waals surface area contributed by atoms with E-state index in [1.54, 1.807) is 6.92 Å². The van der Waals surface area contributed by atoms with E-state index in [1.165, 1.54) is 18.9 Å². The smallest absolute Gasteiger partial charge is 0.354 e. The summed E-state index contributed by atoms with van der Waals surface area (Å²) < 4.78 is 15.7. The second kappa shape index (κ2) is 12.9. The van der Waals surface area contributed by atoms with Crippen LogP contribution in [0.15, 0.2) is 12.1 Å². The highest BCUT2D eigenvalue weighted by Gasteiger charge is 2.30. The summed E-state index contributed by atoms with van der Waals surface area (Å²) in [7, 11) is 2.09. The highest BCUT2D eigenvalue weighted by atomic mass is 35.5. The van der Waals surface area contributed by atoms with Crippen LogP contribution < -0.4 is 0 Å².